The first-order chi connectivity index (χ1) is 16.8. The van der Waals surface area contributed by atoms with Crippen molar-refractivity contribution in [3.8, 4) is 5.75 Å². The lowest BCUT2D eigenvalue weighted by Gasteiger charge is -2.24. The van der Waals surface area contributed by atoms with Gasteiger partial charge in [0.25, 0.3) is 10.0 Å². The zero-order valence-electron chi connectivity index (χ0n) is 19.7. The maximum atomic E-state index is 13.7. The van der Waals surface area contributed by atoms with Crippen LogP contribution in [-0.2, 0) is 20.6 Å². The number of methoxy groups -OCH3 is 1. The van der Waals surface area contributed by atoms with Crippen LogP contribution in [-0.4, -0.2) is 40.3 Å². The van der Waals surface area contributed by atoms with Crippen LogP contribution in [0.5, 0.6) is 5.75 Å². The van der Waals surface area contributed by atoms with Crippen LogP contribution in [0.2, 0.25) is 0 Å². The molecule has 0 unspecified atom stereocenters. The van der Waals surface area contributed by atoms with E-state index in [4.69, 9.17) is 4.74 Å². The summed E-state index contributed by atoms with van der Waals surface area (Å²) in [4.78, 5) is 12.8. The molecule has 186 valence electrons. The van der Waals surface area contributed by atoms with E-state index in [9.17, 15) is 17.6 Å². The van der Waals surface area contributed by atoms with Crippen molar-refractivity contribution in [2.75, 3.05) is 30.3 Å². The van der Waals surface area contributed by atoms with Crippen molar-refractivity contribution in [2.45, 2.75) is 24.0 Å². The van der Waals surface area contributed by atoms with Gasteiger partial charge in [0, 0.05) is 18.4 Å². The summed E-state index contributed by atoms with van der Waals surface area (Å²) in [6, 6.07) is 19.7. The molecule has 9 heteroatoms. The lowest BCUT2D eigenvalue weighted by atomic mass is 10.2. The summed E-state index contributed by atoms with van der Waals surface area (Å²) in [7, 11) is -2.49. The molecule has 6 nitrogen and oxygen atoms in total. The largest absolute Gasteiger partial charge is 0.497 e. The van der Waals surface area contributed by atoms with E-state index >= 15 is 0 Å². The minimum absolute atomic E-state index is 0.100. The molecule has 0 radical (unpaired) electrons. The lowest BCUT2D eigenvalue weighted by molar-refractivity contribution is -0.119. The van der Waals surface area contributed by atoms with Crippen molar-refractivity contribution in [2.24, 2.45) is 0 Å². The third-order valence-corrected chi connectivity index (χ3v) is 8.12. The van der Waals surface area contributed by atoms with Gasteiger partial charge in [-0.25, -0.2) is 12.8 Å². The third kappa shape index (κ3) is 7.47. The Hall–Kier alpha value is -3.04. The fourth-order valence-electron chi connectivity index (χ4n) is 3.30. The van der Waals surface area contributed by atoms with Crippen molar-refractivity contribution < 1.29 is 22.3 Å². The highest BCUT2D eigenvalue weighted by Gasteiger charge is 2.27. The van der Waals surface area contributed by atoms with Gasteiger partial charge in [-0.05, 0) is 55.0 Å². The fourth-order valence-corrected chi connectivity index (χ4v) is 5.66. The molecular weight excluding hydrogens is 487 g/mol. The fraction of sp³-hybridized carbons (Fsp3) is 0.269. The highest BCUT2D eigenvalue weighted by atomic mass is 32.2. The van der Waals surface area contributed by atoms with Crippen LogP contribution in [0.4, 0.5) is 10.1 Å². The van der Waals surface area contributed by atoms with Crippen molar-refractivity contribution >= 4 is 33.4 Å². The van der Waals surface area contributed by atoms with Crippen LogP contribution in [0.25, 0.3) is 0 Å². The molecule has 1 N–H and O–H groups in total. The van der Waals surface area contributed by atoms with Gasteiger partial charge in [-0.1, -0.05) is 42.0 Å². The molecule has 35 heavy (non-hydrogen) atoms. The summed E-state index contributed by atoms with van der Waals surface area (Å²) in [5.74, 6) is 1.14. The van der Waals surface area contributed by atoms with Crippen molar-refractivity contribution in [1.82, 2.24) is 5.32 Å². The zero-order valence-corrected chi connectivity index (χ0v) is 21.4. The molecular formula is C26H29FN2O4S2. The molecule has 3 rings (SSSR count). The molecule has 0 saturated carbocycles. The molecule has 0 fully saturated rings. The van der Waals surface area contributed by atoms with E-state index in [0.717, 1.165) is 15.6 Å². The van der Waals surface area contributed by atoms with Crippen LogP contribution < -0.4 is 14.4 Å². The second-order valence-corrected chi connectivity index (χ2v) is 10.8. The number of hydrogen-bond donors (Lipinski definition) is 1. The van der Waals surface area contributed by atoms with Gasteiger partial charge >= 0.3 is 0 Å². The van der Waals surface area contributed by atoms with Crippen LogP contribution in [0.15, 0.2) is 77.7 Å². The number of carbonyl (C=O) groups excluding carboxylic acids is 1. The topological polar surface area (TPSA) is 75.7 Å². The van der Waals surface area contributed by atoms with E-state index in [0.29, 0.717) is 35.7 Å². The molecule has 0 spiro atoms. The van der Waals surface area contributed by atoms with Gasteiger partial charge in [-0.15, -0.1) is 0 Å². The van der Waals surface area contributed by atoms with Gasteiger partial charge in [0.05, 0.1) is 17.7 Å². The zero-order chi connectivity index (χ0) is 25.3. The van der Waals surface area contributed by atoms with E-state index in [2.05, 4.69) is 5.32 Å². The summed E-state index contributed by atoms with van der Waals surface area (Å²) in [6.07, 6.45) is 0.675. The summed E-state index contributed by atoms with van der Waals surface area (Å²) in [5.41, 5.74) is 1.92. The summed E-state index contributed by atoms with van der Waals surface area (Å²) < 4.78 is 46.9. The second-order valence-electron chi connectivity index (χ2n) is 7.87. The van der Waals surface area contributed by atoms with E-state index < -0.39 is 15.9 Å². The van der Waals surface area contributed by atoms with Gasteiger partial charge < -0.3 is 10.1 Å². The Morgan fingerprint density at radius 3 is 2.51 bits per heavy atom. The first-order valence-corrected chi connectivity index (χ1v) is 13.7. The quantitative estimate of drug-likeness (QED) is 0.351. The number of thioether (sulfide) groups is 1. The molecule has 0 atom stereocenters. The Labute approximate surface area is 210 Å². The first-order valence-electron chi connectivity index (χ1n) is 11.1. The van der Waals surface area contributed by atoms with Gasteiger partial charge in [-0.2, -0.15) is 11.8 Å². The van der Waals surface area contributed by atoms with Crippen molar-refractivity contribution in [3.63, 3.8) is 0 Å². The predicted octanol–water partition coefficient (Wildman–Crippen LogP) is 4.78. The third-order valence-electron chi connectivity index (χ3n) is 5.24. The first kappa shape index (κ1) is 26.6. The average Bonchev–Trinajstić information content (AvgIpc) is 2.86. The van der Waals surface area contributed by atoms with Crippen LogP contribution >= 0.6 is 11.8 Å². The Morgan fingerprint density at radius 1 is 1.06 bits per heavy atom. The molecule has 1 amide bonds. The molecule has 3 aromatic carbocycles. The molecule has 0 aromatic heterocycles. The second kappa shape index (κ2) is 12.6. The number of amides is 1. The van der Waals surface area contributed by atoms with Gasteiger partial charge in [0.2, 0.25) is 5.91 Å². The monoisotopic (exact) mass is 516 g/mol. The normalized spacial score (nSPS) is 11.2. The maximum absolute atomic E-state index is 13.7. The number of rotatable bonds is 12. The number of nitrogens with one attached hydrogen (secondary N) is 1. The average molecular weight is 517 g/mol. The van der Waals surface area contributed by atoms with Crippen molar-refractivity contribution in [1.29, 1.82) is 0 Å². The maximum Gasteiger partial charge on any atom is 0.264 e. The minimum atomic E-state index is -3.99. The van der Waals surface area contributed by atoms with Crippen molar-refractivity contribution in [3.05, 3.63) is 89.7 Å². The molecule has 3 aromatic rings. The number of nitrogens with zero attached hydrogens (tertiary/aromatic N) is 1. The number of halogens is 1. The van der Waals surface area contributed by atoms with E-state index in [1.54, 1.807) is 66.4 Å². The Morgan fingerprint density at radius 2 is 1.80 bits per heavy atom. The SMILES string of the molecule is COc1cccc(N(CC(=O)NCCCSCc2ccccc2F)S(=O)(=O)c2ccc(C)cc2)c1. The highest BCUT2D eigenvalue weighted by molar-refractivity contribution is 7.98. The number of benzene rings is 3. The molecule has 0 aliphatic rings. The Balaban J connectivity index is 1.62. The highest BCUT2D eigenvalue weighted by Crippen LogP contribution is 2.27. The van der Waals surface area contributed by atoms with Gasteiger partial charge in [0.15, 0.2) is 0 Å². The molecule has 0 saturated heterocycles. The minimum Gasteiger partial charge on any atom is -0.497 e. The molecule has 0 aliphatic carbocycles. The molecule has 0 heterocycles. The van der Waals surface area contributed by atoms with E-state index in [1.165, 1.54) is 25.3 Å². The van der Waals surface area contributed by atoms with Gasteiger partial charge in [-0.3, -0.25) is 9.10 Å². The van der Waals surface area contributed by atoms with Crippen LogP contribution in [0, 0.1) is 12.7 Å². The van der Waals surface area contributed by atoms with Crippen LogP contribution in [0.3, 0.4) is 0 Å². The number of ether oxygens (including phenoxy) is 1. The molecule has 0 bridgehead atoms. The number of carbonyl (C=O) groups is 1. The van der Waals surface area contributed by atoms with Gasteiger partial charge in [0.1, 0.15) is 18.1 Å². The lowest BCUT2D eigenvalue weighted by Crippen LogP contribution is -2.41. The summed E-state index contributed by atoms with van der Waals surface area (Å²) >= 11 is 1.58. The molecule has 0 aliphatic heterocycles. The summed E-state index contributed by atoms with van der Waals surface area (Å²) in [6.45, 7) is 1.89. The smallest absolute Gasteiger partial charge is 0.264 e. The Kier molecular flexibility index (Phi) is 9.56. The van der Waals surface area contributed by atoms with E-state index in [1.807, 2.05) is 6.92 Å². The number of sulfonamides is 1. The van der Waals surface area contributed by atoms with Crippen LogP contribution in [0.1, 0.15) is 17.5 Å². The Bertz CT molecular complexity index is 1230. The van der Waals surface area contributed by atoms with E-state index in [-0.39, 0.29) is 17.3 Å². The number of hydrogen-bond acceptors (Lipinski definition) is 5. The summed E-state index contributed by atoms with van der Waals surface area (Å²) in [5, 5.41) is 2.79. The predicted molar refractivity (Wildman–Crippen MR) is 139 cm³/mol. The number of aryl methyl sites for hydroxylation is 1. The number of anilines is 1. The standard InChI is InChI=1S/C26H29FN2O4S2/c1-20-11-13-24(14-12-20)35(31,32)29(22-8-5-9-23(17-22)33-2)18-26(30)28-15-6-16-34-19-21-7-3-4-10-25(21)27/h3-5,7-14,17H,6,15-16,18-19H2,1-2H3,(H,28,30).